The lowest BCUT2D eigenvalue weighted by Gasteiger charge is -2.27. The van der Waals surface area contributed by atoms with Crippen LogP contribution in [0.15, 0.2) is 103 Å². The van der Waals surface area contributed by atoms with Crippen LogP contribution in [0.25, 0.3) is 0 Å². The Hall–Kier alpha value is -3.67. The Balaban J connectivity index is 2.16. The number of carbonyl (C=O) groups excluding carboxylic acids is 1. The standard InChI is InChI=1S/C29H28F3NO2/c1-5-24(20-16-18-23(19-17-20)29(30,31)32)26(27(34)35-28(2,3)4)33-25(21-12-8-6-9-13-21)22-14-10-7-11-15-22/h5-19,24,26H,1H2,2-4H3/t24-,26+/m0/s1. The van der Waals surface area contributed by atoms with Crippen LogP contribution < -0.4 is 0 Å². The zero-order chi connectivity index (χ0) is 25.6. The molecule has 0 unspecified atom stereocenters. The van der Waals surface area contributed by atoms with E-state index in [2.05, 4.69) is 6.58 Å². The highest BCUT2D eigenvalue weighted by Gasteiger charge is 2.34. The Bertz CT molecular complexity index is 1120. The maximum Gasteiger partial charge on any atom is 0.416 e. The highest BCUT2D eigenvalue weighted by atomic mass is 19.4. The van der Waals surface area contributed by atoms with Gasteiger partial charge in [-0.1, -0.05) is 78.9 Å². The monoisotopic (exact) mass is 479 g/mol. The Morgan fingerprint density at radius 1 is 0.857 bits per heavy atom. The Kier molecular flexibility index (Phi) is 7.95. The molecular formula is C29H28F3NO2. The van der Waals surface area contributed by atoms with Gasteiger partial charge in [0.2, 0.25) is 0 Å². The number of carbonyl (C=O) groups is 1. The summed E-state index contributed by atoms with van der Waals surface area (Å²) in [6.45, 7) is 9.12. The molecule has 3 aromatic carbocycles. The molecule has 0 aromatic heterocycles. The molecule has 0 radical (unpaired) electrons. The van der Waals surface area contributed by atoms with E-state index in [9.17, 15) is 18.0 Å². The van der Waals surface area contributed by atoms with Crippen LogP contribution in [-0.2, 0) is 15.7 Å². The van der Waals surface area contributed by atoms with E-state index in [1.54, 1.807) is 20.8 Å². The summed E-state index contributed by atoms with van der Waals surface area (Å²) in [5.74, 6) is -1.30. The number of benzene rings is 3. The molecule has 0 aliphatic carbocycles. The first-order valence-electron chi connectivity index (χ1n) is 11.2. The van der Waals surface area contributed by atoms with Gasteiger partial charge < -0.3 is 4.74 Å². The SMILES string of the molecule is C=C[C@@H](c1ccc(C(F)(F)F)cc1)[C@@H](N=C(c1ccccc1)c1ccccc1)C(=O)OC(C)(C)C. The number of rotatable bonds is 7. The van der Waals surface area contributed by atoms with Crippen molar-refractivity contribution in [2.24, 2.45) is 4.99 Å². The summed E-state index contributed by atoms with van der Waals surface area (Å²) >= 11 is 0. The van der Waals surface area contributed by atoms with E-state index < -0.39 is 35.3 Å². The smallest absolute Gasteiger partial charge is 0.416 e. The molecule has 6 heteroatoms. The molecule has 3 aromatic rings. The summed E-state index contributed by atoms with van der Waals surface area (Å²) in [5.41, 5.74) is 1.09. The average molecular weight is 480 g/mol. The fourth-order valence-electron chi connectivity index (χ4n) is 3.63. The molecule has 0 fully saturated rings. The largest absolute Gasteiger partial charge is 0.458 e. The predicted molar refractivity (Wildman–Crippen MR) is 133 cm³/mol. The van der Waals surface area contributed by atoms with Crippen molar-refractivity contribution in [3.63, 3.8) is 0 Å². The van der Waals surface area contributed by atoms with Crippen molar-refractivity contribution in [3.05, 3.63) is 120 Å². The molecule has 3 rings (SSSR count). The molecule has 0 heterocycles. The van der Waals surface area contributed by atoms with Gasteiger partial charge in [0, 0.05) is 17.0 Å². The van der Waals surface area contributed by atoms with E-state index in [1.165, 1.54) is 18.2 Å². The van der Waals surface area contributed by atoms with Gasteiger partial charge in [-0.2, -0.15) is 13.2 Å². The lowest BCUT2D eigenvalue weighted by molar-refractivity contribution is -0.156. The molecule has 3 nitrogen and oxygen atoms in total. The third-order valence-corrected chi connectivity index (χ3v) is 5.23. The van der Waals surface area contributed by atoms with E-state index in [1.807, 2.05) is 60.7 Å². The molecule has 0 amide bonds. The van der Waals surface area contributed by atoms with E-state index in [0.29, 0.717) is 11.3 Å². The maximum atomic E-state index is 13.4. The van der Waals surface area contributed by atoms with Gasteiger partial charge in [0.25, 0.3) is 0 Å². The van der Waals surface area contributed by atoms with E-state index in [-0.39, 0.29) is 0 Å². The van der Waals surface area contributed by atoms with Gasteiger partial charge in [0.15, 0.2) is 6.04 Å². The molecule has 2 atom stereocenters. The van der Waals surface area contributed by atoms with Crippen molar-refractivity contribution in [2.45, 2.75) is 44.5 Å². The number of esters is 1. The highest BCUT2D eigenvalue weighted by molar-refractivity contribution is 6.13. The summed E-state index contributed by atoms with van der Waals surface area (Å²) in [7, 11) is 0. The Morgan fingerprint density at radius 3 is 1.74 bits per heavy atom. The van der Waals surface area contributed by atoms with Gasteiger partial charge in [-0.15, -0.1) is 6.58 Å². The Labute approximate surface area is 204 Å². The molecule has 35 heavy (non-hydrogen) atoms. The van der Waals surface area contributed by atoms with Crippen molar-refractivity contribution in [1.29, 1.82) is 0 Å². The number of halogens is 3. The van der Waals surface area contributed by atoms with Crippen molar-refractivity contribution < 1.29 is 22.7 Å². The van der Waals surface area contributed by atoms with Gasteiger partial charge in [-0.05, 0) is 38.5 Å². The number of nitrogens with zero attached hydrogens (tertiary/aromatic N) is 1. The topological polar surface area (TPSA) is 38.7 Å². The normalized spacial score (nSPS) is 13.4. The van der Waals surface area contributed by atoms with E-state index >= 15 is 0 Å². The maximum absolute atomic E-state index is 13.4. The number of hydrogen-bond acceptors (Lipinski definition) is 3. The van der Waals surface area contributed by atoms with Gasteiger partial charge in [-0.25, -0.2) is 4.79 Å². The van der Waals surface area contributed by atoms with E-state index in [0.717, 1.165) is 23.3 Å². The van der Waals surface area contributed by atoms with Crippen LogP contribution in [-0.4, -0.2) is 23.3 Å². The summed E-state index contributed by atoms with van der Waals surface area (Å²) in [6.07, 6.45) is -2.94. The summed E-state index contributed by atoms with van der Waals surface area (Å²) in [5, 5.41) is 0. The minimum absolute atomic E-state index is 0.480. The molecule has 0 aliphatic heterocycles. The van der Waals surface area contributed by atoms with E-state index in [4.69, 9.17) is 9.73 Å². The average Bonchev–Trinajstić information content (AvgIpc) is 2.81. The van der Waals surface area contributed by atoms with Crippen LogP contribution in [0.3, 0.4) is 0 Å². The molecule has 0 saturated heterocycles. The number of ether oxygens (including phenoxy) is 1. The zero-order valence-corrected chi connectivity index (χ0v) is 19.9. The first kappa shape index (κ1) is 25.9. The van der Waals surface area contributed by atoms with Crippen molar-refractivity contribution in [2.75, 3.05) is 0 Å². The lowest BCUT2D eigenvalue weighted by atomic mass is 9.90. The summed E-state index contributed by atoms with van der Waals surface area (Å²) in [6, 6.07) is 22.4. The van der Waals surface area contributed by atoms with Crippen LogP contribution in [0.1, 0.15) is 48.9 Å². The first-order valence-corrected chi connectivity index (χ1v) is 11.2. The third kappa shape index (κ3) is 6.92. The first-order chi connectivity index (χ1) is 16.5. The molecule has 0 aliphatic rings. The van der Waals surface area contributed by atoms with Gasteiger partial charge in [0.1, 0.15) is 5.60 Å². The van der Waals surface area contributed by atoms with Crippen molar-refractivity contribution in [1.82, 2.24) is 0 Å². The van der Waals surface area contributed by atoms with Gasteiger partial charge in [0.05, 0.1) is 11.3 Å². The molecular weight excluding hydrogens is 451 g/mol. The Morgan fingerprint density at radius 2 is 1.34 bits per heavy atom. The summed E-state index contributed by atoms with van der Waals surface area (Å²) < 4.78 is 45.0. The molecule has 0 spiro atoms. The minimum atomic E-state index is -4.46. The highest BCUT2D eigenvalue weighted by Crippen LogP contribution is 2.32. The zero-order valence-electron chi connectivity index (χ0n) is 19.9. The van der Waals surface area contributed by atoms with Crippen LogP contribution >= 0.6 is 0 Å². The molecule has 0 N–H and O–H groups in total. The molecule has 182 valence electrons. The van der Waals surface area contributed by atoms with Crippen LogP contribution in [0.2, 0.25) is 0 Å². The second-order valence-electron chi connectivity index (χ2n) is 9.07. The molecule has 0 bridgehead atoms. The quantitative estimate of drug-likeness (QED) is 0.204. The fourth-order valence-corrected chi connectivity index (χ4v) is 3.63. The van der Waals surface area contributed by atoms with Crippen LogP contribution in [0, 0.1) is 0 Å². The number of aliphatic imine (C=N–C) groups is 1. The van der Waals surface area contributed by atoms with Crippen molar-refractivity contribution >= 4 is 11.7 Å². The van der Waals surface area contributed by atoms with Gasteiger partial charge >= 0.3 is 12.1 Å². The number of alkyl halides is 3. The summed E-state index contributed by atoms with van der Waals surface area (Å²) in [4.78, 5) is 18.3. The van der Waals surface area contributed by atoms with Crippen molar-refractivity contribution in [3.8, 4) is 0 Å². The predicted octanol–water partition coefficient (Wildman–Crippen LogP) is 7.22. The third-order valence-electron chi connectivity index (χ3n) is 5.23. The molecule has 0 saturated carbocycles. The van der Waals surface area contributed by atoms with Crippen LogP contribution in [0.4, 0.5) is 13.2 Å². The fraction of sp³-hybridized carbons (Fsp3) is 0.241. The van der Waals surface area contributed by atoms with Crippen LogP contribution in [0.5, 0.6) is 0 Å². The minimum Gasteiger partial charge on any atom is -0.458 e. The lowest BCUT2D eigenvalue weighted by Crippen LogP contribution is -2.35. The second-order valence-corrected chi connectivity index (χ2v) is 9.07. The second kappa shape index (κ2) is 10.7. The van der Waals surface area contributed by atoms with Gasteiger partial charge in [-0.3, -0.25) is 4.99 Å². The number of hydrogen-bond donors (Lipinski definition) is 0.